The van der Waals surface area contributed by atoms with Crippen molar-refractivity contribution in [3.05, 3.63) is 0 Å². The summed E-state index contributed by atoms with van der Waals surface area (Å²) in [6.45, 7) is 37.8. The second-order valence-corrected chi connectivity index (χ2v) is 19.5. The van der Waals surface area contributed by atoms with Crippen LogP contribution < -0.4 is 0 Å². The van der Waals surface area contributed by atoms with Gasteiger partial charge < -0.3 is 19.6 Å². The van der Waals surface area contributed by atoms with Crippen LogP contribution in [0.3, 0.4) is 0 Å². The topological polar surface area (TPSA) is 13.0 Å². The molecule has 4 saturated heterocycles. The molecule has 4 atom stereocenters. The van der Waals surface area contributed by atoms with Gasteiger partial charge in [-0.3, -0.25) is 0 Å². The molecule has 0 amide bonds. The number of nitrogens with zero attached hydrogens (tertiary/aromatic N) is 4. The average molecular weight is 629 g/mol. The SMILES string of the molecule is CCN1CCC(C(C)(CCC(C)(C)C2CCN(C)CC2)C(C)(C)C2CCN(C(C)C)CC2CC(C)(C)C2CCCN(C)C2)CC1. The number of hydrogen-bond acceptors (Lipinski definition) is 4. The number of piperidine rings is 4. The highest BCUT2D eigenvalue weighted by molar-refractivity contribution is 5.04. The van der Waals surface area contributed by atoms with Crippen molar-refractivity contribution in [1.82, 2.24) is 19.6 Å². The molecule has 4 unspecified atom stereocenters. The molecule has 4 nitrogen and oxygen atoms in total. The van der Waals surface area contributed by atoms with Gasteiger partial charge in [0.15, 0.2) is 0 Å². The van der Waals surface area contributed by atoms with Gasteiger partial charge in [0.05, 0.1) is 0 Å². The average Bonchev–Trinajstić information content (AvgIpc) is 2.99. The molecule has 4 aliphatic rings. The molecule has 0 bridgehead atoms. The molecule has 0 N–H and O–H groups in total. The highest BCUT2D eigenvalue weighted by Crippen LogP contribution is 2.60. The molecule has 0 aromatic rings. The van der Waals surface area contributed by atoms with Gasteiger partial charge in [0.1, 0.15) is 0 Å². The van der Waals surface area contributed by atoms with E-state index >= 15 is 0 Å². The summed E-state index contributed by atoms with van der Waals surface area (Å²) in [5.41, 5.74) is 1.51. The summed E-state index contributed by atoms with van der Waals surface area (Å²) in [5, 5.41) is 0. The first-order chi connectivity index (χ1) is 21.0. The Bertz CT molecular complexity index is 893. The van der Waals surface area contributed by atoms with Crippen LogP contribution in [0.1, 0.15) is 133 Å². The third-order valence-electron chi connectivity index (χ3n) is 15.5. The molecule has 4 heteroatoms. The van der Waals surface area contributed by atoms with Gasteiger partial charge in [-0.2, -0.15) is 0 Å². The van der Waals surface area contributed by atoms with Crippen LogP contribution in [0, 0.1) is 51.2 Å². The lowest BCUT2D eigenvalue weighted by atomic mass is 9.47. The van der Waals surface area contributed by atoms with E-state index in [0.29, 0.717) is 27.7 Å². The van der Waals surface area contributed by atoms with E-state index < -0.39 is 0 Å². The monoisotopic (exact) mass is 629 g/mol. The highest BCUT2D eigenvalue weighted by Gasteiger charge is 2.54. The van der Waals surface area contributed by atoms with Crippen LogP contribution in [0.15, 0.2) is 0 Å². The maximum absolute atomic E-state index is 2.85. The van der Waals surface area contributed by atoms with Crippen LogP contribution in [-0.4, -0.2) is 98.6 Å². The van der Waals surface area contributed by atoms with Crippen LogP contribution in [0.5, 0.6) is 0 Å². The molecule has 0 aliphatic carbocycles. The Morgan fingerprint density at radius 1 is 0.622 bits per heavy atom. The first kappa shape index (κ1) is 37.7. The van der Waals surface area contributed by atoms with Gasteiger partial charge in [0.25, 0.3) is 0 Å². The summed E-state index contributed by atoms with van der Waals surface area (Å²) in [6, 6.07) is 0.653. The summed E-state index contributed by atoms with van der Waals surface area (Å²) in [6.07, 6.45) is 14.0. The molecule has 0 spiro atoms. The van der Waals surface area contributed by atoms with Crippen molar-refractivity contribution in [3.8, 4) is 0 Å². The van der Waals surface area contributed by atoms with Crippen LogP contribution in [0.25, 0.3) is 0 Å². The van der Waals surface area contributed by atoms with E-state index in [4.69, 9.17) is 0 Å². The third-order valence-corrected chi connectivity index (χ3v) is 15.5. The van der Waals surface area contributed by atoms with Gasteiger partial charge in [0, 0.05) is 19.1 Å². The predicted octanol–water partition coefficient (Wildman–Crippen LogP) is 9.00. The Labute approximate surface area is 282 Å². The fourth-order valence-corrected chi connectivity index (χ4v) is 11.3. The first-order valence-electron chi connectivity index (χ1n) is 19.8. The van der Waals surface area contributed by atoms with Gasteiger partial charge >= 0.3 is 0 Å². The lowest BCUT2D eigenvalue weighted by Crippen LogP contribution is -2.56. The molecule has 4 fully saturated rings. The number of likely N-dealkylation sites (tertiary alicyclic amines) is 4. The molecule has 0 aromatic carbocycles. The van der Waals surface area contributed by atoms with Crippen molar-refractivity contribution >= 4 is 0 Å². The Kier molecular flexibility index (Phi) is 12.7. The lowest BCUT2D eigenvalue weighted by Gasteiger charge is -2.60. The first-order valence-corrected chi connectivity index (χ1v) is 19.8. The van der Waals surface area contributed by atoms with Crippen molar-refractivity contribution in [2.75, 3.05) is 73.0 Å². The Morgan fingerprint density at radius 3 is 1.82 bits per heavy atom. The summed E-state index contributed by atoms with van der Waals surface area (Å²) in [4.78, 5) is 10.7. The molecule has 264 valence electrons. The predicted molar refractivity (Wildman–Crippen MR) is 197 cm³/mol. The molecule has 4 rings (SSSR count). The summed E-state index contributed by atoms with van der Waals surface area (Å²) >= 11 is 0. The Balaban J connectivity index is 1.62. The maximum atomic E-state index is 2.85. The maximum Gasteiger partial charge on any atom is 0.00387 e. The fourth-order valence-electron chi connectivity index (χ4n) is 11.3. The quantitative estimate of drug-likeness (QED) is 0.214. The van der Waals surface area contributed by atoms with Gasteiger partial charge in [-0.05, 0) is 189 Å². The van der Waals surface area contributed by atoms with Crippen molar-refractivity contribution in [2.45, 2.75) is 139 Å². The lowest BCUT2D eigenvalue weighted by molar-refractivity contribution is -0.108. The van der Waals surface area contributed by atoms with E-state index in [1.165, 1.54) is 123 Å². The van der Waals surface area contributed by atoms with E-state index in [1.807, 2.05) is 0 Å². The number of hydrogen-bond donors (Lipinski definition) is 0. The van der Waals surface area contributed by atoms with Crippen LogP contribution >= 0.6 is 0 Å². The van der Waals surface area contributed by atoms with Crippen LogP contribution in [0.2, 0.25) is 0 Å². The molecule has 4 heterocycles. The van der Waals surface area contributed by atoms with Gasteiger partial charge in [0.2, 0.25) is 0 Å². The van der Waals surface area contributed by atoms with Crippen LogP contribution in [0.4, 0.5) is 0 Å². The minimum absolute atomic E-state index is 0.322. The van der Waals surface area contributed by atoms with Gasteiger partial charge in [-0.25, -0.2) is 0 Å². The van der Waals surface area contributed by atoms with Crippen LogP contribution in [-0.2, 0) is 0 Å². The Hall–Kier alpha value is -0.160. The molecular weight excluding hydrogens is 548 g/mol. The zero-order chi connectivity index (χ0) is 33.2. The largest absolute Gasteiger partial charge is 0.306 e. The minimum atomic E-state index is 0.322. The smallest absolute Gasteiger partial charge is 0.00387 e. The van der Waals surface area contributed by atoms with E-state index in [9.17, 15) is 0 Å². The highest BCUT2D eigenvalue weighted by atomic mass is 15.2. The standard InChI is InChI=1S/C41H80N4/c1-13-44-26-18-35(19-27-44)41(10,22-21-38(4,5)34-16-24-42(11)25-17-34)40(8,9)37-20-28-45(32(2)3)30-33(37)29-39(6,7)36-15-14-23-43(12)31-36/h32-37H,13-31H2,1-12H3. The zero-order valence-corrected chi connectivity index (χ0v) is 32.7. The number of rotatable bonds is 12. The molecular formula is C41H80N4. The summed E-state index contributed by atoms with van der Waals surface area (Å²) < 4.78 is 0. The molecule has 45 heavy (non-hydrogen) atoms. The van der Waals surface area contributed by atoms with Crippen molar-refractivity contribution in [1.29, 1.82) is 0 Å². The fraction of sp³-hybridized carbons (Fsp3) is 1.00. The van der Waals surface area contributed by atoms with E-state index in [1.54, 1.807) is 0 Å². The Morgan fingerprint density at radius 2 is 1.24 bits per heavy atom. The minimum Gasteiger partial charge on any atom is -0.306 e. The molecule has 4 aliphatic heterocycles. The van der Waals surface area contributed by atoms with Crippen molar-refractivity contribution in [3.63, 3.8) is 0 Å². The molecule has 0 aromatic heterocycles. The van der Waals surface area contributed by atoms with Crippen molar-refractivity contribution in [2.24, 2.45) is 51.2 Å². The van der Waals surface area contributed by atoms with Crippen molar-refractivity contribution < 1.29 is 0 Å². The summed E-state index contributed by atoms with van der Waals surface area (Å²) in [5.74, 6) is 4.13. The second kappa shape index (κ2) is 15.2. The van der Waals surface area contributed by atoms with E-state index in [2.05, 4.69) is 103 Å². The third kappa shape index (κ3) is 8.72. The summed E-state index contributed by atoms with van der Waals surface area (Å²) in [7, 11) is 4.68. The van der Waals surface area contributed by atoms with Gasteiger partial charge in [-0.15, -0.1) is 0 Å². The normalized spacial score (nSPS) is 30.2. The second-order valence-electron chi connectivity index (χ2n) is 19.5. The van der Waals surface area contributed by atoms with E-state index in [-0.39, 0.29) is 0 Å². The zero-order valence-electron chi connectivity index (χ0n) is 32.7. The van der Waals surface area contributed by atoms with Gasteiger partial charge in [-0.1, -0.05) is 55.4 Å². The molecule has 0 radical (unpaired) electrons. The molecule has 0 saturated carbocycles. The van der Waals surface area contributed by atoms with E-state index in [0.717, 1.165) is 29.6 Å².